The maximum atomic E-state index is 13.0. The summed E-state index contributed by atoms with van der Waals surface area (Å²) in [5.74, 6) is -1.20. The van der Waals surface area contributed by atoms with Crippen molar-refractivity contribution in [3.63, 3.8) is 0 Å². The molecule has 0 bridgehead atoms. The van der Waals surface area contributed by atoms with E-state index in [0.29, 0.717) is 42.9 Å². The molecule has 1 aliphatic heterocycles. The summed E-state index contributed by atoms with van der Waals surface area (Å²) >= 11 is 0. The van der Waals surface area contributed by atoms with Crippen LogP contribution in [0.1, 0.15) is 29.9 Å². The number of benzene rings is 1. The second-order valence-electron chi connectivity index (χ2n) is 7.11. The first-order valence-corrected chi connectivity index (χ1v) is 9.30. The van der Waals surface area contributed by atoms with Gasteiger partial charge in [-0.15, -0.1) is 5.10 Å². The van der Waals surface area contributed by atoms with E-state index in [0.717, 1.165) is 10.2 Å². The van der Waals surface area contributed by atoms with Gasteiger partial charge in [0.1, 0.15) is 11.9 Å². The number of anilines is 3. The molecule has 3 aromatic rings. The van der Waals surface area contributed by atoms with Crippen LogP contribution in [0.5, 0.6) is 0 Å². The fraction of sp³-hybridized carbons (Fsp3) is 0.368. The number of nitrogens with one attached hydrogen (secondary N) is 1. The molecule has 3 heterocycles. The van der Waals surface area contributed by atoms with E-state index >= 15 is 0 Å². The highest BCUT2D eigenvalue weighted by atomic mass is 19.4. The van der Waals surface area contributed by atoms with Gasteiger partial charge in [0.25, 0.3) is 11.6 Å². The van der Waals surface area contributed by atoms with Crippen molar-refractivity contribution in [2.45, 2.75) is 32.0 Å². The number of hydrogen-bond acceptors (Lipinski definition) is 7. The van der Waals surface area contributed by atoms with E-state index in [-0.39, 0.29) is 17.7 Å². The fourth-order valence-electron chi connectivity index (χ4n) is 3.43. The average Bonchev–Trinajstić information content (AvgIpc) is 3.13. The SMILES string of the molecule is Cc1cc(Nc2ccc(N3CCC(O)CC3)c(C#N)c2)n2nc(C(F)(F)F)nc2n1. The zero-order valence-corrected chi connectivity index (χ0v) is 16.0. The zero-order chi connectivity index (χ0) is 21.5. The van der Waals surface area contributed by atoms with Crippen LogP contribution >= 0.6 is 0 Å². The fourth-order valence-corrected chi connectivity index (χ4v) is 3.43. The molecular formula is C19H18F3N7O. The molecule has 0 unspecified atom stereocenters. The lowest BCUT2D eigenvalue weighted by Gasteiger charge is -2.32. The van der Waals surface area contributed by atoms with Crippen LogP contribution in [0.25, 0.3) is 5.78 Å². The highest BCUT2D eigenvalue weighted by Crippen LogP contribution is 2.30. The van der Waals surface area contributed by atoms with E-state index < -0.39 is 12.0 Å². The first-order chi connectivity index (χ1) is 14.2. The molecule has 1 aromatic carbocycles. The number of alkyl halides is 3. The minimum Gasteiger partial charge on any atom is -0.393 e. The monoisotopic (exact) mass is 417 g/mol. The number of piperidine rings is 1. The molecule has 2 N–H and O–H groups in total. The molecule has 1 fully saturated rings. The van der Waals surface area contributed by atoms with Gasteiger partial charge in [-0.25, -0.2) is 4.98 Å². The summed E-state index contributed by atoms with van der Waals surface area (Å²) in [6.07, 6.45) is -3.74. The molecular weight excluding hydrogens is 399 g/mol. The molecule has 0 radical (unpaired) electrons. The molecule has 2 aromatic heterocycles. The Hall–Kier alpha value is -3.39. The van der Waals surface area contributed by atoms with Crippen LogP contribution in [0.4, 0.5) is 30.4 Å². The predicted octanol–water partition coefficient (Wildman–Crippen LogP) is 3.03. The van der Waals surface area contributed by atoms with Gasteiger partial charge in [0, 0.05) is 30.5 Å². The lowest BCUT2D eigenvalue weighted by molar-refractivity contribution is -0.144. The van der Waals surface area contributed by atoms with Crippen LogP contribution in [-0.2, 0) is 6.18 Å². The van der Waals surface area contributed by atoms with Gasteiger partial charge in [0.05, 0.1) is 17.4 Å². The largest absolute Gasteiger partial charge is 0.453 e. The topological polar surface area (TPSA) is 102 Å². The Morgan fingerprint density at radius 1 is 1.20 bits per heavy atom. The van der Waals surface area contributed by atoms with E-state index in [4.69, 9.17) is 0 Å². The Morgan fingerprint density at radius 2 is 1.93 bits per heavy atom. The van der Waals surface area contributed by atoms with Gasteiger partial charge in [-0.1, -0.05) is 0 Å². The molecule has 11 heteroatoms. The number of rotatable bonds is 3. The third-order valence-corrected chi connectivity index (χ3v) is 4.89. The summed E-state index contributed by atoms with van der Waals surface area (Å²) < 4.78 is 39.9. The number of halogens is 3. The smallest absolute Gasteiger partial charge is 0.393 e. The van der Waals surface area contributed by atoms with Crippen LogP contribution in [0.2, 0.25) is 0 Å². The Kier molecular flexibility index (Phi) is 4.95. The quantitative estimate of drug-likeness (QED) is 0.675. The van der Waals surface area contributed by atoms with Crippen molar-refractivity contribution in [3.8, 4) is 6.07 Å². The van der Waals surface area contributed by atoms with Crippen LogP contribution in [0.15, 0.2) is 24.3 Å². The van der Waals surface area contributed by atoms with E-state index in [9.17, 15) is 23.5 Å². The molecule has 0 aliphatic carbocycles. The van der Waals surface area contributed by atoms with E-state index in [1.54, 1.807) is 31.2 Å². The lowest BCUT2D eigenvalue weighted by atomic mass is 10.0. The van der Waals surface area contributed by atoms with Crippen molar-refractivity contribution in [1.82, 2.24) is 19.6 Å². The Morgan fingerprint density at radius 3 is 2.60 bits per heavy atom. The van der Waals surface area contributed by atoms with Crippen molar-refractivity contribution < 1.29 is 18.3 Å². The van der Waals surface area contributed by atoms with Gasteiger partial charge in [0.2, 0.25) is 0 Å². The number of aryl methyl sites for hydroxylation is 1. The summed E-state index contributed by atoms with van der Waals surface area (Å²) in [6, 6.07) is 8.87. The number of nitrogens with zero attached hydrogens (tertiary/aromatic N) is 6. The Bertz CT molecular complexity index is 1130. The third-order valence-electron chi connectivity index (χ3n) is 4.89. The number of hydrogen-bond donors (Lipinski definition) is 2. The Labute approximate surface area is 169 Å². The molecule has 1 aliphatic rings. The van der Waals surface area contributed by atoms with Crippen molar-refractivity contribution in [1.29, 1.82) is 5.26 Å². The molecule has 0 amide bonds. The van der Waals surface area contributed by atoms with Crippen molar-refractivity contribution in [2.75, 3.05) is 23.3 Å². The molecule has 4 rings (SSSR count). The summed E-state index contributed by atoms with van der Waals surface area (Å²) in [7, 11) is 0. The van der Waals surface area contributed by atoms with Gasteiger partial charge in [-0.2, -0.15) is 27.9 Å². The minimum atomic E-state index is -4.68. The van der Waals surface area contributed by atoms with Gasteiger partial charge < -0.3 is 15.3 Å². The Balaban J connectivity index is 1.67. The van der Waals surface area contributed by atoms with Crippen LogP contribution in [0.3, 0.4) is 0 Å². The highest BCUT2D eigenvalue weighted by Gasteiger charge is 2.36. The molecule has 8 nitrogen and oxygen atoms in total. The van der Waals surface area contributed by atoms with Crippen molar-refractivity contribution >= 4 is 23.0 Å². The number of fused-ring (bicyclic) bond motifs is 1. The summed E-state index contributed by atoms with van der Waals surface area (Å²) in [5.41, 5.74) is 2.16. The summed E-state index contributed by atoms with van der Waals surface area (Å²) in [4.78, 5) is 9.49. The van der Waals surface area contributed by atoms with Gasteiger partial charge in [-0.3, -0.25) is 0 Å². The second kappa shape index (κ2) is 7.46. The normalized spacial score (nSPS) is 15.4. The maximum Gasteiger partial charge on any atom is 0.453 e. The second-order valence-corrected chi connectivity index (χ2v) is 7.11. The molecule has 0 spiro atoms. The van der Waals surface area contributed by atoms with Crippen molar-refractivity contribution in [2.24, 2.45) is 0 Å². The number of nitriles is 1. The van der Waals surface area contributed by atoms with E-state index in [1.807, 2.05) is 4.90 Å². The number of aliphatic hydroxyl groups excluding tert-OH is 1. The molecule has 0 atom stereocenters. The van der Waals surface area contributed by atoms with E-state index in [1.165, 1.54) is 0 Å². The highest BCUT2D eigenvalue weighted by molar-refractivity contribution is 5.69. The van der Waals surface area contributed by atoms with Crippen molar-refractivity contribution in [3.05, 3.63) is 41.3 Å². The van der Waals surface area contributed by atoms with E-state index in [2.05, 4.69) is 26.5 Å². The molecule has 1 saturated heterocycles. The molecule has 156 valence electrons. The van der Waals surface area contributed by atoms with Crippen LogP contribution in [-0.4, -0.2) is 43.9 Å². The standard InChI is InChI=1S/C19H18F3N7O/c1-11-8-16(29-18(24-11)26-17(27-29)19(20,21)22)25-13-2-3-15(12(9-13)10-23)28-6-4-14(30)5-7-28/h2-3,8-9,14,25,30H,4-7H2,1H3. The first-order valence-electron chi connectivity index (χ1n) is 9.30. The molecule has 30 heavy (non-hydrogen) atoms. The van der Waals surface area contributed by atoms with Crippen LogP contribution in [0, 0.1) is 18.3 Å². The average molecular weight is 417 g/mol. The third kappa shape index (κ3) is 3.86. The van der Waals surface area contributed by atoms with Gasteiger partial charge in [-0.05, 0) is 38.0 Å². The lowest BCUT2D eigenvalue weighted by Crippen LogP contribution is -2.36. The predicted molar refractivity (Wildman–Crippen MR) is 102 cm³/mol. The maximum absolute atomic E-state index is 13.0. The molecule has 0 saturated carbocycles. The first kappa shape index (κ1) is 19.9. The number of aliphatic hydroxyl groups is 1. The number of aromatic nitrogens is 4. The van der Waals surface area contributed by atoms with Gasteiger partial charge in [0.15, 0.2) is 0 Å². The van der Waals surface area contributed by atoms with Crippen LogP contribution < -0.4 is 10.2 Å². The minimum absolute atomic E-state index is 0.172. The van der Waals surface area contributed by atoms with Gasteiger partial charge >= 0.3 is 6.18 Å². The summed E-state index contributed by atoms with van der Waals surface area (Å²) in [5, 5.41) is 25.8. The summed E-state index contributed by atoms with van der Waals surface area (Å²) in [6.45, 7) is 2.93. The zero-order valence-electron chi connectivity index (χ0n) is 16.0.